The van der Waals surface area contributed by atoms with Crippen molar-refractivity contribution in [1.29, 1.82) is 0 Å². The number of fused-ring (bicyclic) bond motifs is 3. The van der Waals surface area contributed by atoms with E-state index in [4.69, 9.17) is 4.74 Å². The first-order valence-electron chi connectivity index (χ1n) is 10.6. The van der Waals surface area contributed by atoms with Gasteiger partial charge in [-0.25, -0.2) is 0 Å². The fourth-order valence-corrected chi connectivity index (χ4v) is 5.34. The van der Waals surface area contributed by atoms with Crippen molar-refractivity contribution >= 4 is 38.2 Å². The van der Waals surface area contributed by atoms with Crippen molar-refractivity contribution in [3.05, 3.63) is 69.6 Å². The quantitative estimate of drug-likeness (QED) is 0.460. The summed E-state index contributed by atoms with van der Waals surface area (Å²) in [6.07, 6.45) is 3.40. The van der Waals surface area contributed by atoms with Crippen molar-refractivity contribution in [3.8, 4) is 5.75 Å². The summed E-state index contributed by atoms with van der Waals surface area (Å²) in [5, 5.41) is 1.42. The largest absolute Gasteiger partial charge is 0.486 e. The Balaban J connectivity index is 0.00000259. The van der Waals surface area contributed by atoms with Gasteiger partial charge >= 0.3 is 0 Å². The highest BCUT2D eigenvalue weighted by molar-refractivity contribution is 7.22. The van der Waals surface area contributed by atoms with Crippen molar-refractivity contribution in [1.82, 2.24) is 19.4 Å². The Kier molecular flexibility index (Phi) is 6.49. The molecule has 4 heterocycles. The standard InChI is InChI=1S/C24H24N4O3S.CH4/c1-26-11-13-28(14-12-26)24(30)22-20(31-15-16-7-9-25-10-8-16)19-21(32-22)17-5-3-4-6-18(17)27(2)23(19)29;/h3-10H,11-15H2,1-2H3;1H4. The normalized spacial score (nSPS) is 14.4. The van der Waals surface area contributed by atoms with E-state index in [0.29, 0.717) is 29.1 Å². The van der Waals surface area contributed by atoms with Crippen LogP contribution in [0.1, 0.15) is 22.7 Å². The van der Waals surface area contributed by atoms with Gasteiger partial charge in [0.05, 0.1) is 10.2 Å². The van der Waals surface area contributed by atoms with E-state index in [1.807, 2.05) is 41.3 Å². The molecule has 1 aromatic carbocycles. The van der Waals surface area contributed by atoms with Gasteiger partial charge in [-0.1, -0.05) is 25.6 Å². The summed E-state index contributed by atoms with van der Waals surface area (Å²) in [6, 6.07) is 11.5. The molecule has 33 heavy (non-hydrogen) atoms. The molecule has 4 aromatic rings. The number of hydrogen-bond acceptors (Lipinski definition) is 6. The number of para-hydroxylation sites is 1. The summed E-state index contributed by atoms with van der Waals surface area (Å²) in [5.74, 6) is 0.312. The number of carbonyl (C=O) groups is 1. The molecule has 8 heteroatoms. The summed E-state index contributed by atoms with van der Waals surface area (Å²) in [6.45, 7) is 3.23. The molecule has 3 aromatic heterocycles. The van der Waals surface area contributed by atoms with E-state index < -0.39 is 0 Å². The fraction of sp³-hybridized carbons (Fsp3) is 0.320. The third-order valence-electron chi connectivity index (χ3n) is 6.01. The van der Waals surface area contributed by atoms with Gasteiger partial charge in [-0.2, -0.15) is 0 Å². The lowest BCUT2D eigenvalue weighted by Crippen LogP contribution is -2.47. The molecule has 1 fully saturated rings. The van der Waals surface area contributed by atoms with Crippen LogP contribution in [0.15, 0.2) is 53.6 Å². The molecule has 0 unspecified atom stereocenters. The van der Waals surface area contributed by atoms with E-state index in [2.05, 4.69) is 16.9 Å². The number of rotatable bonds is 4. The molecule has 1 aliphatic rings. The van der Waals surface area contributed by atoms with E-state index in [1.54, 1.807) is 24.0 Å². The lowest BCUT2D eigenvalue weighted by Gasteiger charge is -2.32. The molecular weight excluding hydrogens is 436 g/mol. The third kappa shape index (κ3) is 4.12. The van der Waals surface area contributed by atoms with E-state index in [-0.39, 0.29) is 25.5 Å². The van der Waals surface area contributed by atoms with E-state index in [9.17, 15) is 9.59 Å². The maximum absolute atomic E-state index is 13.6. The average molecular weight is 465 g/mol. The number of aromatic nitrogens is 2. The molecule has 0 radical (unpaired) electrons. The Morgan fingerprint density at radius 3 is 2.48 bits per heavy atom. The maximum Gasteiger partial charge on any atom is 0.267 e. The molecule has 1 amide bonds. The highest BCUT2D eigenvalue weighted by Gasteiger charge is 2.29. The van der Waals surface area contributed by atoms with E-state index >= 15 is 0 Å². The van der Waals surface area contributed by atoms with Crippen LogP contribution in [0.2, 0.25) is 0 Å². The molecule has 1 saturated heterocycles. The number of ether oxygens (including phenoxy) is 1. The Labute approximate surface area is 196 Å². The first-order valence-corrected chi connectivity index (χ1v) is 11.4. The van der Waals surface area contributed by atoms with Gasteiger partial charge in [-0.05, 0) is 30.8 Å². The van der Waals surface area contributed by atoms with Crippen LogP contribution < -0.4 is 10.3 Å². The average Bonchev–Trinajstić information content (AvgIpc) is 3.22. The summed E-state index contributed by atoms with van der Waals surface area (Å²) in [7, 11) is 3.82. The highest BCUT2D eigenvalue weighted by Crippen LogP contribution is 2.40. The maximum atomic E-state index is 13.6. The fourth-order valence-electron chi connectivity index (χ4n) is 4.10. The van der Waals surface area contributed by atoms with Gasteiger partial charge in [0.15, 0.2) is 5.75 Å². The molecule has 172 valence electrons. The van der Waals surface area contributed by atoms with Gasteiger partial charge in [-0.15, -0.1) is 11.3 Å². The van der Waals surface area contributed by atoms with Crippen LogP contribution >= 0.6 is 11.3 Å². The summed E-state index contributed by atoms with van der Waals surface area (Å²) in [5.41, 5.74) is 1.61. The van der Waals surface area contributed by atoms with Gasteiger partial charge in [0, 0.05) is 51.0 Å². The summed E-state index contributed by atoms with van der Waals surface area (Å²) >= 11 is 1.36. The molecule has 0 spiro atoms. The minimum absolute atomic E-state index is 0. The zero-order chi connectivity index (χ0) is 22.2. The number of thiophene rings is 1. The second-order valence-electron chi connectivity index (χ2n) is 8.09. The highest BCUT2D eigenvalue weighted by atomic mass is 32.1. The number of aryl methyl sites for hydroxylation is 1. The van der Waals surface area contributed by atoms with Crippen molar-refractivity contribution < 1.29 is 9.53 Å². The monoisotopic (exact) mass is 464 g/mol. The van der Waals surface area contributed by atoms with Crippen LogP contribution in [0.4, 0.5) is 0 Å². The minimum Gasteiger partial charge on any atom is -0.486 e. The van der Waals surface area contributed by atoms with Crippen LogP contribution in [0, 0.1) is 0 Å². The number of likely N-dealkylation sites (N-methyl/N-ethyl adjacent to an activating group) is 1. The van der Waals surface area contributed by atoms with Crippen molar-refractivity contribution in [2.75, 3.05) is 33.2 Å². The Bertz CT molecular complexity index is 1360. The number of amides is 1. The summed E-state index contributed by atoms with van der Waals surface area (Å²) in [4.78, 5) is 35.5. The van der Waals surface area contributed by atoms with Crippen molar-refractivity contribution in [3.63, 3.8) is 0 Å². The SMILES string of the molecule is C.CN1CCN(C(=O)c2sc3c(c2OCc2ccncc2)c(=O)n(C)c2ccccc32)CC1. The lowest BCUT2D eigenvalue weighted by atomic mass is 10.1. The van der Waals surface area contributed by atoms with Gasteiger partial charge in [0.2, 0.25) is 0 Å². The van der Waals surface area contributed by atoms with Gasteiger partial charge < -0.3 is 19.1 Å². The lowest BCUT2D eigenvalue weighted by molar-refractivity contribution is 0.0665. The molecule has 1 aliphatic heterocycles. The molecule has 0 atom stereocenters. The van der Waals surface area contributed by atoms with Crippen LogP contribution in [-0.4, -0.2) is 58.5 Å². The molecular formula is C25H28N4O3S. The molecule has 0 aliphatic carbocycles. The predicted molar refractivity (Wildman–Crippen MR) is 133 cm³/mol. The van der Waals surface area contributed by atoms with Crippen LogP contribution in [0.5, 0.6) is 5.75 Å². The summed E-state index contributed by atoms with van der Waals surface area (Å²) < 4.78 is 8.64. The number of benzene rings is 1. The van der Waals surface area contributed by atoms with Gasteiger partial charge in [0.1, 0.15) is 16.9 Å². The molecule has 0 N–H and O–H groups in total. The van der Waals surface area contributed by atoms with E-state index in [1.165, 1.54) is 11.3 Å². The minimum atomic E-state index is -0.155. The van der Waals surface area contributed by atoms with Crippen LogP contribution in [-0.2, 0) is 13.7 Å². The number of hydrogen-bond donors (Lipinski definition) is 0. The molecule has 0 bridgehead atoms. The second-order valence-corrected chi connectivity index (χ2v) is 9.11. The Hall–Kier alpha value is -3.23. The third-order valence-corrected chi connectivity index (χ3v) is 7.20. The van der Waals surface area contributed by atoms with Crippen molar-refractivity contribution in [2.45, 2.75) is 14.0 Å². The van der Waals surface area contributed by atoms with Crippen molar-refractivity contribution in [2.24, 2.45) is 7.05 Å². The predicted octanol–water partition coefficient (Wildman–Crippen LogP) is 3.75. The zero-order valence-corrected chi connectivity index (χ0v) is 18.9. The first kappa shape index (κ1) is 22.9. The smallest absolute Gasteiger partial charge is 0.267 e. The van der Waals surface area contributed by atoms with Crippen LogP contribution in [0.25, 0.3) is 21.0 Å². The number of carbonyl (C=O) groups excluding carboxylic acids is 1. The zero-order valence-electron chi connectivity index (χ0n) is 18.1. The first-order chi connectivity index (χ1) is 15.5. The topological polar surface area (TPSA) is 67.7 Å². The Morgan fingerprint density at radius 2 is 1.76 bits per heavy atom. The van der Waals surface area contributed by atoms with Gasteiger partial charge in [-0.3, -0.25) is 14.6 Å². The number of pyridine rings is 2. The molecule has 5 rings (SSSR count). The molecule has 7 nitrogen and oxygen atoms in total. The number of piperazine rings is 1. The second kappa shape index (κ2) is 9.33. The van der Waals surface area contributed by atoms with E-state index in [0.717, 1.165) is 34.3 Å². The Morgan fingerprint density at radius 1 is 1.06 bits per heavy atom. The number of nitrogens with zero attached hydrogens (tertiary/aromatic N) is 4. The molecule has 0 saturated carbocycles. The van der Waals surface area contributed by atoms with Crippen LogP contribution in [0.3, 0.4) is 0 Å². The van der Waals surface area contributed by atoms with Gasteiger partial charge in [0.25, 0.3) is 11.5 Å².